The maximum Gasteiger partial charge on any atom is 0.176 e. The molecule has 3 aromatic heterocycles. The average molecular weight is 384 g/mol. The molecule has 0 fully saturated rings. The van der Waals surface area contributed by atoms with Crippen LogP contribution in [0.25, 0.3) is 22.2 Å². The molecule has 0 saturated carbocycles. The summed E-state index contributed by atoms with van der Waals surface area (Å²) in [6, 6.07) is 14.6. The fraction of sp³-hybridized carbons (Fsp3) is 0.105. The van der Waals surface area contributed by atoms with E-state index in [4.69, 9.17) is 4.42 Å². The van der Waals surface area contributed by atoms with E-state index in [9.17, 15) is 8.42 Å². The summed E-state index contributed by atoms with van der Waals surface area (Å²) in [6.45, 7) is 0.664. The van der Waals surface area contributed by atoms with Crippen molar-refractivity contribution < 1.29 is 12.8 Å². The molecule has 0 unspecified atom stereocenters. The van der Waals surface area contributed by atoms with Crippen molar-refractivity contribution in [3.63, 3.8) is 0 Å². The van der Waals surface area contributed by atoms with Crippen LogP contribution in [0.5, 0.6) is 0 Å². The van der Waals surface area contributed by atoms with Gasteiger partial charge >= 0.3 is 0 Å². The first-order chi connectivity index (χ1) is 12.5. The van der Waals surface area contributed by atoms with Crippen LogP contribution in [-0.4, -0.2) is 19.7 Å². The second-order valence-corrected chi connectivity index (χ2v) is 8.97. The number of nitrogens with zero attached hydrogens (tertiary/aromatic N) is 1. The van der Waals surface area contributed by atoms with Gasteiger partial charge in [-0.3, -0.25) is 0 Å². The lowest BCUT2D eigenvalue weighted by atomic mass is 10.1. The van der Waals surface area contributed by atoms with Crippen LogP contribution in [0.3, 0.4) is 0 Å². The highest BCUT2D eigenvalue weighted by atomic mass is 32.2. The van der Waals surface area contributed by atoms with Crippen LogP contribution in [0.4, 0.5) is 5.82 Å². The largest absolute Gasteiger partial charge is 0.460 e. The summed E-state index contributed by atoms with van der Waals surface area (Å²) in [7, 11) is -3.22. The molecule has 26 heavy (non-hydrogen) atoms. The lowest BCUT2D eigenvalue weighted by molar-refractivity contribution is 0.602. The van der Waals surface area contributed by atoms with E-state index < -0.39 is 9.84 Å². The molecule has 5 nitrogen and oxygen atoms in total. The first kappa shape index (κ1) is 16.8. The number of pyridine rings is 1. The normalized spacial score (nSPS) is 11.7. The van der Waals surface area contributed by atoms with Gasteiger partial charge in [-0.05, 0) is 35.7 Å². The monoisotopic (exact) mass is 384 g/mol. The van der Waals surface area contributed by atoms with Gasteiger partial charge in [-0.1, -0.05) is 18.2 Å². The molecule has 0 spiro atoms. The first-order valence-electron chi connectivity index (χ1n) is 7.96. The number of sulfone groups is 1. The van der Waals surface area contributed by atoms with Crippen molar-refractivity contribution in [2.75, 3.05) is 11.6 Å². The highest BCUT2D eigenvalue weighted by molar-refractivity contribution is 7.90. The van der Waals surface area contributed by atoms with Crippen LogP contribution < -0.4 is 5.32 Å². The molecular formula is C19H16N2O3S2. The summed E-state index contributed by atoms with van der Waals surface area (Å²) in [6.07, 6.45) is 2.84. The van der Waals surface area contributed by atoms with E-state index in [0.717, 1.165) is 16.6 Å². The van der Waals surface area contributed by atoms with Crippen molar-refractivity contribution in [3.8, 4) is 11.3 Å². The lowest BCUT2D eigenvalue weighted by Crippen LogP contribution is -2.01. The van der Waals surface area contributed by atoms with Crippen LogP contribution in [0, 0.1) is 0 Å². The Kier molecular flexibility index (Phi) is 4.26. The number of nitrogens with one attached hydrogen (secondary N) is 1. The van der Waals surface area contributed by atoms with E-state index >= 15 is 0 Å². The fourth-order valence-corrected chi connectivity index (χ4v) is 3.98. The minimum atomic E-state index is -3.22. The van der Waals surface area contributed by atoms with E-state index in [1.807, 2.05) is 23.6 Å². The number of anilines is 1. The zero-order chi connectivity index (χ0) is 18.1. The maximum absolute atomic E-state index is 11.6. The molecule has 3 heterocycles. The van der Waals surface area contributed by atoms with Crippen LogP contribution in [0.15, 0.2) is 69.5 Å². The molecule has 0 aliphatic carbocycles. The van der Waals surface area contributed by atoms with E-state index in [-0.39, 0.29) is 0 Å². The minimum Gasteiger partial charge on any atom is -0.460 e. The SMILES string of the molecule is CS(=O)(=O)c1ccc(-c2cc3ccoc3c(NCc3cccs3)n2)cc1. The predicted molar refractivity (Wildman–Crippen MR) is 104 cm³/mol. The highest BCUT2D eigenvalue weighted by Crippen LogP contribution is 2.29. The highest BCUT2D eigenvalue weighted by Gasteiger charge is 2.12. The smallest absolute Gasteiger partial charge is 0.176 e. The molecule has 0 aliphatic heterocycles. The van der Waals surface area contributed by atoms with Gasteiger partial charge in [-0.25, -0.2) is 13.4 Å². The van der Waals surface area contributed by atoms with Gasteiger partial charge in [-0.2, -0.15) is 0 Å². The first-order valence-corrected chi connectivity index (χ1v) is 10.7. The van der Waals surface area contributed by atoms with Crippen LogP contribution in [-0.2, 0) is 16.4 Å². The maximum atomic E-state index is 11.6. The standard InChI is InChI=1S/C19H16N2O3S2/c1-26(22,23)16-6-4-13(5-7-16)17-11-14-8-9-24-18(14)19(21-17)20-12-15-3-2-10-25-15/h2-11H,12H2,1H3,(H,20,21). The summed E-state index contributed by atoms with van der Waals surface area (Å²) < 4.78 is 28.8. The van der Waals surface area contributed by atoms with E-state index in [1.165, 1.54) is 11.1 Å². The van der Waals surface area contributed by atoms with Crippen molar-refractivity contribution in [1.82, 2.24) is 4.98 Å². The quantitative estimate of drug-likeness (QED) is 0.546. The van der Waals surface area contributed by atoms with E-state index in [2.05, 4.69) is 16.4 Å². The Hall–Kier alpha value is -2.64. The third-order valence-electron chi connectivity index (χ3n) is 4.02. The molecule has 0 bridgehead atoms. The van der Waals surface area contributed by atoms with E-state index in [1.54, 1.807) is 41.9 Å². The van der Waals surface area contributed by atoms with Crippen molar-refractivity contribution >= 4 is 38.0 Å². The number of rotatable bonds is 5. The Morgan fingerprint density at radius 2 is 1.96 bits per heavy atom. The number of furan rings is 1. The molecule has 0 saturated heterocycles. The Bertz CT molecular complexity index is 1150. The molecule has 0 radical (unpaired) electrons. The van der Waals surface area contributed by atoms with Gasteiger partial charge in [0.2, 0.25) is 0 Å². The molecule has 1 aromatic carbocycles. The number of hydrogen-bond donors (Lipinski definition) is 1. The minimum absolute atomic E-state index is 0.293. The van der Waals surface area contributed by atoms with Gasteiger partial charge in [-0.15, -0.1) is 11.3 Å². The van der Waals surface area contributed by atoms with Gasteiger partial charge in [0, 0.05) is 22.1 Å². The summed E-state index contributed by atoms with van der Waals surface area (Å²) in [5, 5.41) is 6.31. The summed E-state index contributed by atoms with van der Waals surface area (Å²) in [5.74, 6) is 0.670. The Balaban J connectivity index is 1.71. The number of thiophene rings is 1. The summed E-state index contributed by atoms with van der Waals surface area (Å²) in [4.78, 5) is 6.18. The summed E-state index contributed by atoms with van der Waals surface area (Å²) in [5.41, 5.74) is 2.31. The van der Waals surface area contributed by atoms with Gasteiger partial charge in [0.05, 0.1) is 23.4 Å². The Morgan fingerprint density at radius 1 is 1.15 bits per heavy atom. The molecule has 0 atom stereocenters. The second-order valence-electron chi connectivity index (χ2n) is 5.92. The van der Waals surface area contributed by atoms with Crippen molar-refractivity contribution in [1.29, 1.82) is 0 Å². The molecule has 4 rings (SSSR count). The number of aromatic nitrogens is 1. The molecule has 0 amide bonds. The van der Waals surface area contributed by atoms with Crippen LogP contribution in [0.1, 0.15) is 4.88 Å². The van der Waals surface area contributed by atoms with Gasteiger partial charge < -0.3 is 9.73 Å². The van der Waals surface area contributed by atoms with Crippen molar-refractivity contribution in [2.45, 2.75) is 11.4 Å². The number of hydrogen-bond acceptors (Lipinski definition) is 6. The Labute approximate surface area is 155 Å². The molecule has 4 aromatic rings. The van der Waals surface area contributed by atoms with Gasteiger partial charge in [0.25, 0.3) is 0 Å². The van der Waals surface area contributed by atoms with Gasteiger partial charge in [0.1, 0.15) is 0 Å². The lowest BCUT2D eigenvalue weighted by Gasteiger charge is -2.09. The molecular weight excluding hydrogens is 368 g/mol. The number of fused-ring (bicyclic) bond motifs is 1. The third kappa shape index (κ3) is 3.36. The van der Waals surface area contributed by atoms with Crippen molar-refractivity contribution in [3.05, 3.63) is 65.1 Å². The topological polar surface area (TPSA) is 72.2 Å². The van der Waals surface area contributed by atoms with Crippen LogP contribution in [0.2, 0.25) is 0 Å². The zero-order valence-corrected chi connectivity index (χ0v) is 15.6. The van der Waals surface area contributed by atoms with E-state index in [0.29, 0.717) is 22.8 Å². The van der Waals surface area contributed by atoms with Crippen molar-refractivity contribution in [2.24, 2.45) is 0 Å². The zero-order valence-electron chi connectivity index (χ0n) is 14.0. The molecule has 1 N–H and O–H groups in total. The molecule has 132 valence electrons. The summed E-state index contributed by atoms with van der Waals surface area (Å²) >= 11 is 1.68. The van der Waals surface area contributed by atoms with Gasteiger partial charge in [0.15, 0.2) is 21.2 Å². The second kappa shape index (κ2) is 6.59. The number of benzene rings is 1. The molecule has 0 aliphatic rings. The van der Waals surface area contributed by atoms with Crippen LogP contribution >= 0.6 is 11.3 Å². The fourth-order valence-electron chi connectivity index (χ4n) is 2.70. The average Bonchev–Trinajstić information content (AvgIpc) is 3.30. The third-order valence-corrected chi connectivity index (χ3v) is 6.03. The Morgan fingerprint density at radius 3 is 2.65 bits per heavy atom. The predicted octanol–water partition coefficient (Wildman–Crippen LogP) is 4.57. The molecule has 7 heteroatoms.